The van der Waals surface area contributed by atoms with Crippen molar-refractivity contribution in [2.24, 2.45) is 0 Å². The van der Waals surface area contributed by atoms with Gasteiger partial charge in [-0.15, -0.1) is 11.3 Å². The quantitative estimate of drug-likeness (QED) is 0.839. The van der Waals surface area contributed by atoms with E-state index in [0.29, 0.717) is 6.54 Å². The van der Waals surface area contributed by atoms with Crippen molar-refractivity contribution in [3.05, 3.63) is 29.6 Å². The van der Waals surface area contributed by atoms with E-state index >= 15 is 0 Å². The molecule has 0 amide bonds. The number of rotatable bonds is 4. The van der Waals surface area contributed by atoms with Gasteiger partial charge in [0, 0.05) is 0 Å². The van der Waals surface area contributed by atoms with Crippen LogP contribution in [0.1, 0.15) is 12.8 Å². The molecule has 2 heterocycles. The van der Waals surface area contributed by atoms with Gasteiger partial charge in [0.05, 0.1) is 17.6 Å². The summed E-state index contributed by atoms with van der Waals surface area (Å²) in [5.41, 5.74) is 0. The highest BCUT2D eigenvalue weighted by atomic mass is 32.1. The Morgan fingerprint density at radius 1 is 1.57 bits per heavy atom. The van der Waals surface area contributed by atoms with E-state index in [4.69, 9.17) is 4.42 Å². The second-order valence-electron chi connectivity index (χ2n) is 2.88. The highest BCUT2D eigenvalue weighted by Gasteiger charge is 2.05. The summed E-state index contributed by atoms with van der Waals surface area (Å²) in [6.07, 6.45) is 1.78. The van der Waals surface area contributed by atoms with Gasteiger partial charge >= 0.3 is 0 Å². The first-order chi connectivity index (χ1) is 6.90. The van der Waals surface area contributed by atoms with E-state index in [9.17, 15) is 0 Å². The second-order valence-corrected chi connectivity index (χ2v) is 3.82. The van der Waals surface area contributed by atoms with Gasteiger partial charge in [-0.1, -0.05) is 13.0 Å². The van der Waals surface area contributed by atoms with Gasteiger partial charge in [0.2, 0.25) is 5.89 Å². The van der Waals surface area contributed by atoms with Crippen molar-refractivity contribution in [1.29, 1.82) is 0 Å². The lowest BCUT2D eigenvalue weighted by Gasteiger charge is -1.94. The minimum atomic E-state index is 0.696. The Morgan fingerprint density at radius 2 is 2.50 bits per heavy atom. The van der Waals surface area contributed by atoms with E-state index in [1.54, 1.807) is 17.5 Å². The lowest BCUT2D eigenvalue weighted by atomic mass is 10.4. The fraction of sp³-hybridized carbons (Fsp3) is 0.300. The van der Waals surface area contributed by atoms with E-state index in [1.165, 1.54) is 0 Å². The monoisotopic (exact) mass is 208 g/mol. The van der Waals surface area contributed by atoms with Crippen LogP contribution in [0.15, 0.2) is 28.1 Å². The molecule has 14 heavy (non-hydrogen) atoms. The fourth-order valence-electron chi connectivity index (χ4n) is 1.16. The molecule has 2 aromatic heterocycles. The predicted molar refractivity (Wildman–Crippen MR) is 57.2 cm³/mol. The Bertz CT molecular complexity index is 380. The molecule has 1 N–H and O–H groups in total. The van der Waals surface area contributed by atoms with Crippen LogP contribution in [0.2, 0.25) is 0 Å². The van der Waals surface area contributed by atoms with Crippen LogP contribution in [0.3, 0.4) is 0 Å². The minimum Gasteiger partial charge on any atom is -0.438 e. The maximum absolute atomic E-state index is 5.57. The maximum Gasteiger partial charge on any atom is 0.208 e. The van der Waals surface area contributed by atoms with Gasteiger partial charge in [0.15, 0.2) is 5.76 Å². The van der Waals surface area contributed by atoms with Gasteiger partial charge in [0.25, 0.3) is 0 Å². The molecule has 4 heteroatoms. The van der Waals surface area contributed by atoms with E-state index in [1.807, 2.05) is 17.5 Å². The Morgan fingerprint density at radius 3 is 3.21 bits per heavy atom. The summed E-state index contributed by atoms with van der Waals surface area (Å²) in [5, 5.41) is 5.20. The van der Waals surface area contributed by atoms with Crippen LogP contribution in [-0.4, -0.2) is 11.5 Å². The van der Waals surface area contributed by atoms with Crippen molar-refractivity contribution in [3.63, 3.8) is 0 Å². The van der Waals surface area contributed by atoms with Gasteiger partial charge < -0.3 is 9.73 Å². The molecule has 0 fully saturated rings. The standard InChI is InChI=1S/C10H12N2OS/c1-2-11-7-10-12-6-8(13-10)9-4-3-5-14-9/h3-6,11H,2,7H2,1H3. The summed E-state index contributed by atoms with van der Waals surface area (Å²) in [7, 11) is 0. The number of hydrogen-bond donors (Lipinski definition) is 1. The van der Waals surface area contributed by atoms with E-state index in [0.717, 1.165) is 23.1 Å². The molecule has 74 valence electrons. The molecule has 2 rings (SSSR count). The van der Waals surface area contributed by atoms with Crippen molar-refractivity contribution in [1.82, 2.24) is 10.3 Å². The van der Waals surface area contributed by atoms with Gasteiger partial charge in [-0.2, -0.15) is 0 Å². The first-order valence-corrected chi connectivity index (χ1v) is 5.47. The molecule has 0 bridgehead atoms. The van der Waals surface area contributed by atoms with Crippen LogP contribution >= 0.6 is 11.3 Å². The second kappa shape index (κ2) is 4.39. The highest BCUT2D eigenvalue weighted by Crippen LogP contribution is 2.24. The van der Waals surface area contributed by atoms with E-state index in [-0.39, 0.29) is 0 Å². The number of thiophene rings is 1. The van der Waals surface area contributed by atoms with Crippen molar-refractivity contribution >= 4 is 11.3 Å². The third kappa shape index (κ3) is 2.02. The largest absolute Gasteiger partial charge is 0.438 e. The first-order valence-electron chi connectivity index (χ1n) is 4.59. The Labute approximate surface area is 86.8 Å². The molecule has 0 unspecified atom stereocenters. The van der Waals surface area contributed by atoms with Crippen LogP contribution in [0.5, 0.6) is 0 Å². The molecule has 0 aliphatic rings. The summed E-state index contributed by atoms with van der Waals surface area (Å²) in [5.74, 6) is 1.60. The molecule has 2 aromatic rings. The topological polar surface area (TPSA) is 38.1 Å². The zero-order valence-corrected chi connectivity index (χ0v) is 8.80. The van der Waals surface area contributed by atoms with Gasteiger partial charge in [-0.25, -0.2) is 4.98 Å². The van der Waals surface area contributed by atoms with Crippen LogP contribution in [0, 0.1) is 0 Å². The number of aromatic nitrogens is 1. The first kappa shape index (κ1) is 9.43. The lowest BCUT2D eigenvalue weighted by molar-refractivity contribution is 0.483. The van der Waals surface area contributed by atoms with Crippen molar-refractivity contribution in [2.45, 2.75) is 13.5 Å². The van der Waals surface area contributed by atoms with Crippen molar-refractivity contribution in [3.8, 4) is 10.6 Å². The van der Waals surface area contributed by atoms with Crippen molar-refractivity contribution in [2.75, 3.05) is 6.54 Å². The molecular formula is C10H12N2OS. The van der Waals surface area contributed by atoms with Crippen LogP contribution in [-0.2, 0) is 6.54 Å². The SMILES string of the molecule is CCNCc1ncc(-c2cccs2)o1. The molecule has 0 spiro atoms. The Kier molecular flexibility index (Phi) is 2.96. The van der Waals surface area contributed by atoms with Crippen LogP contribution in [0.4, 0.5) is 0 Å². The Balaban J connectivity index is 2.10. The summed E-state index contributed by atoms with van der Waals surface area (Å²) in [6.45, 7) is 3.68. The minimum absolute atomic E-state index is 0.696. The smallest absolute Gasteiger partial charge is 0.208 e. The number of nitrogens with zero attached hydrogens (tertiary/aromatic N) is 1. The molecule has 0 aliphatic carbocycles. The number of hydrogen-bond acceptors (Lipinski definition) is 4. The van der Waals surface area contributed by atoms with Crippen LogP contribution in [0.25, 0.3) is 10.6 Å². The maximum atomic E-state index is 5.57. The zero-order valence-electron chi connectivity index (χ0n) is 7.99. The third-order valence-electron chi connectivity index (χ3n) is 1.84. The zero-order chi connectivity index (χ0) is 9.80. The highest BCUT2D eigenvalue weighted by molar-refractivity contribution is 7.13. The molecule has 0 radical (unpaired) electrons. The third-order valence-corrected chi connectivity index (χ3v) is 2.73. The molecule has 0 saturated carbocycles. The molecule has 0 atom stereocenters. The number of oxazole rings is 1. The molecule has 0 aromatic carbocycles. The molecular weight excluding hydrogens is 196 g/mol. The normalized spacial score (nSPS) is 10.6. The average Bonchev–Trinajstić information content (AvgIpc) is 2.85. The summed E-state index contributed by atoms with van der Waals surface area (Å²) >= 11 is 1.66. The fourth-order valence-corrected chi connectivity index (χ4v) is 1.83. The van der Waals surface area contributed by atoms with Gasteiger partial charge in [-0.3, -0.25) is 0 Å². The van der Waals surface area contributed by atoms with Gasteiger partial charge in [0.1, 0.15) is 0 Å². The summed E-state index contributed by atoms with van der Waals surface area (Å²) < 4.78 is 5.57. The summed E-state index contributed by atoms with van der Waals surface area (Å²) in [4.78, 5) is 5.31. The molecule has 3 nitrogen and oxygen atoms in total. The molecule has 0 aliphatic heterocycles. The van der Waals surface area contributed by atoms with E-state index in [2.05, 4.69) is 17.2 Å². The lowest BCUT2D eigenvalue weighted by Crippen LogP contribution is -2.11. The molecule has 0 saturated heterocycles. The van der Waals surface area contributed by atoms with Crippen LogP contribution < -0.4 is 5.32 Å². The summed E-state index contributed by atoms with van der Waals surface area (Å²) in [6, 6.07) is 4.04. The average molecular weight is 208 g/mol. The van der Waals surface area contributed by atoms with Crippen molar-refractivity contribution < 1.29 is 4.42 Å². The predicted octanol–water partition coefficient (Wildman–Crippen LogP) is 2.51. The number of nitrogens with one attached hydrogen (secondary N) is 1. The van der Waals surface area contributed by atoms with E-state index < -0.39 is 0 Å². The van der Waals surface area contributed by atoms with Gasteiger partial charge in [-0.05, 0) is 18.0 Å². The Hall–Kier alpha value is -1.13.